The van der Waals surface area contributed by atoms with Crippen molar-refractivity contribution < 1.29 is 9.15 Å². The highest BCUT2D eigenvalue weighted by atomic mass is 35.5. The summed E-state index contributed by atoms with van der Waals surface area (Å²) < 4.78 is 11.7. The van der Waals surface area contributed by atoms with E-state index in [1.807, 2.05) is 25.1 Å². The van der Waals surface area contributed by atoms with Gasteiger partial charge in [0.05, 0.1) is 6.20 Å². The van der Waals surface area contributed by atoms with E-state index in [2.05, 4.69) is 10.3 Å². The molecule has 0 spiro atoms. The van der Waals surface area contributed by atoms with E-state index in [0.29, 0.717) is 10.9 Å². The fraction of sp³-hybridized carbons (Fsp3) is 0.400. The number of nitrogens with zero attached hydrogens (tertiary/aromatic N) is 1. The molecule has 0 amide bonds. The normalized spacial score (nSPS) is 20.0. The van der Waals surface area contributed by atoms with E-state index in [4.69, 9.17) is 20.8 Å². The molecular weight excluding hydrogens is 276 g/mol. The number of halogens is 1. The topological polar surface area (TPSA) is 47.3 Å². The largest absolute Gasteiger partial charge is 0.482 e. The molecule has 4 nitrogen and oxygen atoms in total. The second kappa shape index (κ2) is 5.85. The summed E-state index contributed by atoms with van der Waals surface area (Å²) in [5.41, 5.74) is 1.02. The van der Waals surface area contributed by atoms with Crippen LogP contribution in [0.15, 0.2) is 35.2 Å². The zero-order chi connectivity index (χ0) is 13.9. The van der Waals surface area contributed by atoms with Crippen LogP contribution in [-0.4, -0.2) is 18.1 Å². The predicted molar refractivity (Wildman–Crippen MR) is 77.0 cm³/mol. The van der Waals surface area contributed by atoms with Crippen molar-refractivity contribution in [2.24, 2.45) is 5.92 Å². The van der Waals surface area contributed by atoms with Gasteiger partial charge in [-0.05, 0) is 43.7 Å². The smallest absolute Gasteiger partial charge is 0.181 e. The molecule has 1 aliphatic heterocycles. The maximum Gasteiger partial charge on any atom is 0.181 e. The van der Waals surface area contributed by atoms with Gasteiger partial charge in [-0.15, -0.1) is 0 Å². The van der Waals surface area contributed by atoms with Gasteiger partial charge >= 0.3 is 0 Å². The minimum absolute atomic E-state index is 0.118. The van der Waals surface area contributed by atoms with E-state index >= 15 is 0 Å². The Balaban J connectivity index is 1.86. The number of rotatable bonds is 4. The molecule has 1 aromatic heterocycles. The summed E-state index contributed by atoms with van der Waals surface area (Å²) in [6, 6.07) is 5.65. The molecule has 3 rings (SSSR count). The summed E-state index contributed by atoms with van der Waals surface area (Å²) >= 11 is 5.99. The van der Waals surface area contributed by atoms with Gasteiger partial charge in [0.2, 0.25) is 0 Å². The van der Waals surface area contributed by atoms with E-state index in [1.165, 1.54) is 6.39 Å². The molecule has 1 fully saturated rings. The van der Waals surface area contributed by atoms with Gasteiger partial charge in [-0.2, -0.15) is 0 Å². The maximum absolute atomic E-state index is 6.20. The zero-order valence-corrected chi connectivity index (χ0v) is 12.1. The lowest BCUT2D eigenvalue weighted by Crippen LogP contribution is -2.21. The van der Waals surface area contributed by atoms with Crippen LogP contribution in [0.2, 0.25) is 5.02 Å². The van der Waals surface area contributed by atoms with Gasteiger partial charge in [-0.1, -0.05) is 11.6 Å². The second-order valence-corrected chi connectivity index (χ2v) is 5.54. The standard InChI is InChI=1S/C15H17ClN2O2/c1-10-6-12(16)2-3-13(10)20-15(11-4-5-17-7-11)14-8-18-9-19-14/h2-3,6,8-9,11,15,17H,4-5,7H2,1H3/t11-,15+/m1/s1. The van der Waals surface area contributed by atoms with Crippen molar-refractivity contribution in [3.63, 3.8) is 0 Å². The Morgan fingerprint density at radius 2 is 2.40 bits per heavy atom. The van der Waals surface area contributed by atoms with E-state index in [-0.39, 0.29) is 6.10 Å². The predicted octanol–water partition coefficient (Wildman–Crippen LogP) is 3.37. The number of nitrogens with one attached hydrogen (secondary N) is 1. The minimum atomic E-state index is -0.118. The van der Waals surface area contributed by atoms with Crippen LogP contribution in [0.25, 0.3) is 0 Å². The van der Waals surface area contributed by atoms with Crippen LogP contribution in [0.4, 0.5) is 0 Å². The lowest BCUT2D eigenvalue weighted by atomic mass is 9.99. The van der Waals surface area contributed by atoms with Gasteiger partial charge < -0.3 is 14.5 Å². The summed E-state index contributed by atoms with van der Waals surface area (Å²) in [5.74, 6) is 1.99. The maximum atomic E-state index is 6.20. The number of oxazole rings is 1. The molecule has 0 aliphatic carbocycles. The highest BCUT2D eigenvalue weighted by molar-refractivity contribution is 6.30. The van der Waals surface area contributed by atoms with Crippen LogP contribution in [0, 0.1) is 12.8 Å². The Labute approximate surface area is 123 Å². The van der Waals surface area contributed by atoms with E-state index in [9.17, 15) is 0 Å². The third-order valence-corrected chi connectivity index (χ3v) is 3.88. The average molecular weight is 293 g/mol. The van der Waals surface area contributed by atoms with Gasteiger partial charge in [0.15, 0.2) is 18.3 Å². The van der Waals surface area contributed by atoms with Crippen molar-refractivity contribution in [3.8, 4) is 5.75 Å². The molecule has 1 aliphatic rings. The third-order valence-electron chi connectivity index (χ3n) is 3.65. The van der Waals surface area contributed by atoms with Crippen molar-refractivity contribution in [1.82, 2.24) is 10.3 Å². The van der Waals surface area contributed by atoms with E-state index < -0.39 is 0 Å². The van der Waals surface area contributed by atoms with Crippen LogP contribution in [0.1, 0.15) is 23.8 Å². The molecule has 0 radical (unpaired) electrons. The van der Waals surface area contributed by atoms with Gasteiger partial charge in [0.25, 0.3) is 0 Å². The quantitative estimate of drug-likeness (QED) is 0.938. The summed E-state index contributed by atoms with van der Waals surface area (Å²) in [6.07, 6.45) is 4.13. The van der Waals surface area contributed by atoms with Crippen molar-refractivity contribution in [2.45, 2.75) is 19.4 Å². The van der Waals surface area contributed by atoms with Crippen molar-refractivity contribution in [3.05, 3.63) is 47.1 Å². The Bertz CT molecular complexity index is 565. The summed E-state index contributed by atoms with van der Waals surface area (Å²) in [7, 11) is 0. The van der Waals surface area contributed by atoms with Gasteiger partial charge in [-0.25, -0.2) is 4.98 Å². The monoisotopic (exact) mass is 292 g/mol. The van der Waals surface area contributed by atoms with Gasteiger partial charge in [-0.3, -0.25) is 0 Å². The van der Waals surface area contributed by atoms with Crippen molar-refractivity contribution in [1.29, 1.82) is 0 Å². The molecule has 1 aromatic carbocycles. The lowest BCUT2D eigenvalue weighted by molar-refractivity contribution is 0.119. The highest BCUT2D eigenvalue weighted by Crippen LogP contribution is 2.33. The average Bonchev–Trinajstić information content (AvgIpc) is 3.11. The van der Waals surface area contributed by atoms with Crippen LogP contribution < -0.4 is 10.1 Å². The molecule has 0 saturated carbocycles. The SMILES string of the molecule is Cc1cc(Cl)ccc1O[C@H](c1cnco1)[C@@H]1CCNC1. The van der Waals surface area contributed by atoms with E-state index in [0.717, 1.165) is 36.6 Å². The zero-order valence-electron chi connectivity index (χ0n) is 11.3. The first-order valence-electron chi connectivity index (χ1n) is 6.76. The van der Waals surface area contributed by atoms with E-state index in [1.54, 1.807) is 6.20 Å². The molecule has 0 bridgehead atoms. The Kier molecular flexibility index (Phi) is 3.94. The van der Waals surface area contributed by atoms with Crippen LogP contribution in [0.5, 0.6) is 5.75 Å². The summed E-state index contributed by atoms with van der Waals surface area (Å²) in [6.45, 7) is 3.93. The summed E-state index contributed by atoms with van der Waals surface area (Å²) in [4.78, 5) is 4.00. The highest BCUT2D eigenvalue weighted by Gasteiger charge is 2.30. The lowest BCUT2D eigenvalue weighted by Gasteiger charge is -2.23. The molecule has 106 valence electrons. The summed E-state index contributed by atoms with van der Waals surface area (Å²) in [5, 5.41) is 4.08. The number of aromatic nitrogens is 1. The number of aryl methyl sites for hydroxylation is 1. The molecule has 2 aromatic rings. The Morgan fingerprint density at radius 3 is 3.05 bits per heavy atom. The molecule has 1 N–H and O–H groups in total. The van der Waals surface area contributed by atoms with Gasteiger partial charge in [0.1, 0.15) is 5.75 Å². The fourth-order valence-electron chi connectivity index (χ4n) is 2.57. The van der Waals surface area contributed by atoms with Crippen LogP contribution in [0.3, 0.4) is 0 Å². The molecular formula is C15H17ClN2O2. The third kappa shape index (κ3) is 2.81. The fourth-order valence-corrected chi connectivity index (χ4v) is 2.80. The molecule has 20 heavy (non-hydrogen) atoms. The van der Waals surface area contributed by atoms with Crippen molar-refractivity contribution in [2.75, 3.05) is 13.1 Å². The minimum Gasteiger partial charge on any atom is -0.482 e. The van der Waals surface area contributed by atoms with Gasteiger partial charge in [0, 0.05) is 17.5 Å². The Morgan fingerprint density at radius 1 is 1.50 bits per heavy atom. The van der Waals surface area contributed by atoms with Crippen molar-refractivity contribution >= 4 is 11.6 Å². The molecule has 2 atom stereocenters. The van der Waals surface area contributed by atoms with Crippen LogP contribution in [-0.2, 0) is 0 Å². The number of hydrogen-bond donors (Lipinski definition) is 1. The first-order chi connectivity index (χ1) is 9.74. The second-order valence-electron chi connectivity index (χ2n) is 5.10. The molecule has 2 heterocycles. The molecule has 1 saturated heterocycles. The Hall–Kier alpha value is -1.52. The molecule has 0 unspecified atom stereocenters. The number of benzene rings is 1. The number of hydrogen-bond acceptors (Lipinski definition) is 4. The number of ether oxygens (including phenoxy) is 1. The molecule has 5 heteroatoms. The van der Waals surface area contributed by atoms with Crippen LogP contribution >= 0.6 is 11.6 Å². The first-order valence-corrected chi connectivity index (χ1v) is 7.14. The first kappa shape index (κ1) is 13.5.